The lowest BCUT2D eigenvalue weighted by molar-refractivity contribution is -0.285. The van der Waals surface area contributed by atoms with Crippen LogP contribution >= 0.6 is 0 Å². The molecule has 0 bridgehead atoms. The van der Waals surface area contributed by atoms with Crippen molar-refractivity contribution in [3.8, 4) is 16.9 Å². The van der Waals surface area contributed by atoms with Crippen LogP contribution in [0.1, 0.15) is 36.1 Å². The SMILES string of the molecule is CO[C@@H]1OC(CS(=O)(=O)Oc2cc(-c3ccccc3)ccc2[C@@H]2[C@@H](CC[C@H](O)c3ccc(F)cc3)C(=O)N2c2ccccc2)[C@H](O)[C@@H](O)[C@@H]1O. The number of anilines is 1. The van der Waals surface area contributed by atoms with E-state index in [0.29, 0.717) is 22.4 Å². The van der Waals surface area contributed by atoms with E-state index in [4.69, 9.17) is 13.7 Å². The van der Waals surface area contributed by atoms with Gasteiger partial charge in [-0.15, -0.1) is 0 Å². The second-order valence-corrected chi connectivity index (χ2v) is 14.0. The van der Waals surface area contributed by atoms with Gasteiger partial charge in [0.25, 0.3) is 0 Å². The molecule has 2 fully saturated rings. The van der Waals surface area contributed by atoms with Crippen LogP contribution in [0.15, 0.2) is 103 Å². The number of hydrogen-bond donors (Lipinski definition) is 4. The number of benzene rings is 4. The van der Waals surface area contributed by atoms with E-state index in [-0.39, 0.29) is 24.5 Å². The third-order valence-corrected chi connectivity index (χ3v) is 10.3. The van der Waals surface area contributed by atoms with Crippen LogP contribution in [0.3, 0.4) is 0 Å². The molecule has 6 rings (SSSR count). The molecule has 11 nitrogen and oxygen atoms in total. The van der Waals surface area contributed by atoms with Gasteiger partial charge in [-0.3, -0.25) is 4.79 Å². The average Bonchev–Trinajstić information content (AvgIpc) is 3.11. The summed E-state index contributed by atoms with van der Waals surface area (Å²) in [5.41, 5.74) is 2.86. The number of halogens is 1. The molecule has 0 spiro atoms. The minimum absolute atomic E-state index is 0.0666. The molecule has 1 unspecified atom stereocenters. The Labute approximate surface area is 289 Å². The molecule has 0 aliphatic carbocycles. The first kappa shape index (κ1) is 35.6. The zero-order chi connectivity index (χ0) is 35.6. The van der Waals surface area contributed by atoms with Gasteiger partial charge >= 0.3 is 10.1 Å². The van der Waals surface area contributed by atoms with Crippen molar-refractivity contribution in [1.29, 1.82) is 0 Å². The molecular weight excluding hydrogens is 669 g/mol. The molecule has 4 N–H and O–H groups in total. The van der Waals surface area contributed by atoms with Gasteiger partial charge in [-0.05, 0) is 59.9 Å². The van der Waals surface area contributed by atoms with Crippen molar-refractivity contribution in [3.05, 3.63) is 120 Å². The Morgan fingerprint density at radius 1 is 0.860 bits per heavy atom. The topological polar surface area (TPSA) is 163 Å². The molecule has 2 aliphatic rings. The van der Waals surface area contributed by atoms with E-state index >= 15 is 0 Å². The predicted octanol–water partition coefficient (Wildman–Crippen LogP) is 3.87. The van der Waals surface area contributed by atoms with Crippen LogP contribution in [0.2, 0.25) is 0 Å². The number of carbonyl (C=O) groups is 1. The summed E-state index contributed by atoms with van der Waals surface area (Å²) in [6.07, 6.45) is -8.59. The Bertz CT molecular complexity index is 1880. The first-order chi connectivity index (χ1) is 24.0. The molecule has 0 radical (unpaired) electrons. The lowest BCUT2D eigenvalue weighted by Gasteiger charge is -2.48. The van der Waals surface area contributed by atoms with Crippen molar-refractivity contribution in [1.82, 2.24) is 0 Å². The molecular formula is C37H38FNO10S. The van der Waals surface area contributed by atoms with Gasteiger partial charge in [-0.2, -0.15) is 8.42 Å². The summed E-state index contributed by atoms with van der Waals surface area (Å²) in [6.45, 7) is 0. The smallest absolute Gasteiger partial charge is 0.311 e. The van der Waals surface area contributed by atoms with Crippen LogP contribution < -0.4 is 9.08 Å². The van der Waals surface area contributed by atoms with Gasteiger partial charge in [-0.1, -0.05) is 72.8 Å². The molecule has 4 aromatic carbocycles. The summed E-state index contributed by atoms with van der Waals surface area (Å²) in [7, 11) is -3.36. The number of methoxy groups -OCH3 is 1. The van der Waals surface area contributed by atoms with Gasteiger partial charge in [0.1, 0.15) is 41.7 Å². The quantitative estimate of drug-likeness (QED) is 0.126. The molecule has 2 aliphatic heterocycles. The van der Waals surface area contributed by atoms with Gasteiger partial charge in [0.2, 0.25) is 5.91 Å². The highest BCUT2D eigenvalue weighted by Crippen LogP contribution is 2.49. The summed E-state index contributed by atoms with van der Waals surface area (Å²) in [4.78, 5) is 15.3. The molecule has 0 saturated carbocycles. The Balaban J connectivity index is 1.35. The number of amides is 1. The second-order valence-electron chi connectivity index (χ2n) is 12.4. The zero-order valence-electron chi connectivity index (χ0n) is 27.0. The van der Waals surface area contributed by atoms with Gasteiger partial charge < -0.3 is 39.0 Å². The largest absolute Gasteiger partial charge is 0.388 e. The number of β-lactam (4-membered cyclic amide) rings is 1. The number of rotatable bonds is 12. The maximum atomic E-state index is 13.8. The number of aliphatic hydroxyl groups excluding tert-OH is 4. The van der Waals surface area contributed by atoms with E-state index in [1.54, 1.807) is 53.4 Å². The maximum absolute atomic E-state index is 13.8. The van der Waals surface area contributed by atoms with E-state index in [0.717, 1.165) is 5.56 Å². The molecule has 4 aromatic rings. The van der Waals surface area contributed by atoms with Gasteiger partial charge in [0, 0.05) is 18.4 Å². The highest BCUT2D eigenvalue weighted by molar-refractivity contribution is 7.87. The van der Waals surface area contributed by atoms with Crippen LogP contribution in [0.25, 0.3) is 11.1 Å². The minimum atomic E-state index is -4.56. The van der Waals surface area contributed by atoms with Crippen molar-refractivity contribution in [2.45, 2.75) is 55.7 Å². The Morgan fingerprint density at radius 3 is 2.18 bits per heavy atom. The van der Waals surface area contributed by atoms with E-state index < -0.39 is 70.5 Å². The van der Waals surface area contributed by atoms with Crippen LogP contribution in [-0.2, 0) is 24.4 Å². The number of hydrogen-bond acceptors (Lipinski definition) is 10. The van der Waals surface area contributed by atoms with E-state index in [2.05, 4.69) is 0 Å². The number of nitrogens with zero attached hydrogens (tertiary/aromatic N) is 1. The Kier molecular flexibility index (Phi) is 10.6. The zero-order valence-corrected chi connectivity index (χ0v) is 27.8. The second kappa shape index (κ2) is 15.0. The molecule has 264 valence electrons. The van der Waals surface area contributed by atoms with Crippen LogP contribution in [-0.4, -0.2) is 78.3 Å². The van der Waals surface area contributed by atoms with Crippen molar-refractivity contribution < 1.29 is 51.7 Å². The minimum Gasteiger partial charge on any atom is -0.388 e. The highest BCUT2D eigenvalue weighted by atomic mass is 32.2. The Morgan fingerprint density at radius 2 is 1.52 bits per heavy atom. The molecule has 13 heteroatoms. The lowest BCUT2D eigenvalue weighted by atomic mass is 9.77. The summed E-state index contributed by atoms with van der Waals surface area (Å²) in [5, 5.41) is 41.9. The van der Waals surface area contributed by atoms with Crippen LogP contribution in [0, 0.1) is 11.7 Å². The van der Waals surface area contributed by atoms with E-state index in [1.165, 1.54) is 31.4 Å². The fourth-order valence-corrected chi connectivity index (χ4v) is 7.70. The van der Waals surface area contributed by atoms with Gasteiger partial charge in [0.05, 0.1) is 18.1 Å². The fourth-order valence-electron chi connectivity index (χ4n) is 6.53. The van der Waals surface area contributed by atoms with Crippen molar-refractivity contribution in [3.63, 3.8) is 0 Å². The molecule has 1 amide bonds. The van der Waals surface area contributed by atoms with Crippen LogP contribution in [0.4, 0.5) is 10.1 Å². The highest BCUT2D eigenvalue weighted by Gasteiger charge is 2.50. The monoisotopic (exact) mass is 707 g/mol. The first-order valence-corrected chi connectivity index (χ1v) is 17.7. The van der Waals surface area contributed by atoms with E-state index in [9.17, 15) is 38.0 Å². The normalized spacial score (nSPS) is 25.9. The molecule has 50 heavy (non-hydrogen) atoms. The fraction of sp³-hybridized carbons (Fsp3) is 0.324. The molecule has 2 heterocycles. The molecule has 8 atom stereocenters. The predicted molar refractivity (Wildman–Crippen MR) is 181 cm³/mol. The summed E-state index contributed by atoms with van der Waals surface area (Å²) >= 11 is 0. The standard InChI is InChI=1S/C37H38FNO10S/c1-47-37-35(43)34(42)33(41)31(48-37)21-50(45,46)49-30-20-24(22-8-4-2-5-9-22)14-17-27(30)32-28(36(44)39(32)26-10-6-3-7-11-26)18-19-29(40)23-12-15-25(38)16-13-23/h2-17,20,28-29,31-35,37,40-43H,18-19,21H2,1H3/t28-,29+,31?,32-,33+,34-,35+,37-/m1/s1. The average molecular weight is 708 g/mol. The number of carbonyl (C=O) groups excluding carboxylic acids is 1. The Hall–Kier alpha value is -4.21. The molecule has 0 aromatic heterocycles. The summed E-state index contributed by atoms with van der Waals surface area (Å²) in [6, 6.07) is 27.9. The number of ether oxygens (including phenoxy) is 2. The van der Waals surface area contributed by atoms with E-state index in [1.807, 2.05) is 30.3 Å². The first-order valence-electron chi connectivity index (χ1n) is 16.1. The maximum Gasteiger partial charge on any atom is 0.311 e. The van der Waals surface area contributed by atoms with Crippen molar-refractivity contribution >= 4 is 21.7 Å². The lowest BCUT2D eigenvalue weighted by Crippen LogP contribution is -2.59. The van der Waals surface area contributed by atoms with Crippen molar-refractivity contribution in [2.24, 2.45) is 5.92 Å². The summed E-state index contributed by atoms with van der Waals surface area (Å²) < 4.78 is 57.1. The molecule has 2 saturated heterocycles. The number of para-hydroxylation sites is 1. The summed E-state index contributed by atoms with van der Waals surface area (Å²) in [5.74, 6) is -2.31. The van der Waals surface area contributed by atoms with Gasteiger partial charge in [-0.25, -0.2) is 4.39 Å². The third kappa shape index (κ3) is 7.44. The third-order valence-electron chi connectivity index (χ3n) is 9.18. The van der Waals surface area contributed by atoms with Gasteiger partial charge in [0.15, 0.2) is 6.29 Å². The van der Waals surface area contributed by atoms with Crippen molar-refractivity contribution in [2.75, 3.05) is 17.8 Å². The number of aliphatic hydroxyl groups is 4. The van der Waals surface area contributed by atoms with Crippen LogP contribution in [0.5, 0.6) is 5.75 Å².